The van der Waals surface area contributed by atoms with Gasteiger partial charge in [0.1, 0.15) is 11.6 Å². The van der Waals surface area contributed by atoms with Crippen molar-refractivity contribution in [1.82, 2.24) is 18.7 Å². The molecule has 0 bridgehead atoms. The van der Waals surface area contributed by atoms with Crippen molar-refractivity contribution in [1.29, 1.82) is 0 Å². The largest absolute Gasteiger partial charge is 0.467 e. The Morgan fingerprint density at radius 3 is 2.53 bits per heavy atom. The minimum absolute atomic E-state index is 0.0303. The van der Waals surface area contributed by atoms with E-state index >= 15 is 0 Å². The van der Waals surface area contributed by atoms with Crippen LogP contribution in [0, 0.1) is 12.7 Å². The van der Waals surface area contributed by atoms with Crippen molar-refractivity contribution >= 4 is 11.2 Å². The molecule has 0 aliphatic rings. The number of halogens is 1. The van der Waals surface area contributed by atoms with Gasteiger partial charge in [-0.25, -0.2) is 18.7 Å². The van der Waals surface area contributed by atoms with Crippen molar-refractivity contribution in [2.75, 3.05) is 0 Å². The maximum atomic E-state index is 13.5. The molecule has 3 heterocycles. The summed E-state index contributed by atoms with van der Waals surface area (Å²) in [6.45, 7) is 2.38. The van der Waals surface area contributed by atoms with Crippen molar-refractivity contribution in [2.24, 2.45) is 0 Å². The standard InChI is InChI=1S/C24H19FN4O3/c1-16-4-2-5-17(12-16)13-27-15-26-22-21(27)23(30)28(14-20-6-3-11-32-20)24(31)29(22)19-9-7-18(25)8-10-19/h2-12,15H,13-14H2,1H3. The molecule has 160 valence electrons. The van der Waals surface area contributed by atoms with Crippen LogP contribution in [0.3, 0.4) is 0 Å². The number of imidazole rings is 1. The second-order valence-corrected chi connectivity index (χ2v) is 7.60. The quantitative estimate of drug-likeness (QED) is 0.428. The number of nitrogens with zero attached hydrogens (tertiary/aromatic N) is 4. The third-order valence-corrected chi connectivity index (χ3v) is 5.31. The molecule has 5 rings (SSSR count). The molecule has 2 aromatic carbocycles. The van der Waals surface area contributed by atoms with Gasteiger partial charge in [-0.3, -0.25) is 9.36 Å². The molecule has 5 aromatic rings. The van der Waals surface area contributed by atoms with Crippen molar-refractivity contribution < 1.29 is 8.81 Å². The summed E-state index contributed by atoms with van der Waals surface area (Å²) < 4.78 is 23.0. The maximum absolute atomic E-state index is 13.5. The summed E-state index contributed by atoms with van der Waals surface area (Å²) in [7, 11) is 0. The van der Waals surface area contributed by atoms with Gasteiger partial charge in [0.25, 0.3) is 5.56 Å². The number of aromatic nitrogens is 4. The van der Waals surface area contributed by atoms with Gasteiger partial charge >= 0.3 is 5.69 Å². The highest BCUT2D eigenvalue weighted by Crippen LogP contribution is 2.16. The second-order valence-electron chi connectivity index (χ2n) is 7.60. The van der Waals surface area contributed by atoms with Gasteiger partial charge in [0.2, 0.25) is 0 Å². The molecule has 3 aromatic heterocycles. The first-order valence-electron chi connectivity index (χ1n) is 10.1. The van der Waals surface area contributed by atoms with E-state index in [1.54, 1.807) is 23.0 Å². The molecule has 0 fully saturated rings. The summed E-state index contributed by atoms with van der Waals surface area (Å²) in [5.41, 5.74) is 1.97. The first-order valence-corrected chi connectivity index (χ1v) is 10.1. The molecular weight excluding hydrogens is 411 g/mol. The Morgan fingerprint density at radius 2 is 1.81 bits per heavy atom. The van der Waals surface area contributed by atoms with Crippen LogP contribution in [-0.4, -0.2) is 18.7 Å². The number of hydrogen-bond acceptors (Lipinski definition) is 4. The Kier molecular flexibility index (Phi) is 4.82. The molecule has 8 heteroatoms. The van der Waals surface area contributed by atoms with Crippen LogP contribution in [0.2, 0.25) is 0 Å². The number of furan rings is 1. The van der Waals surface area contributed by atoms with Crippen molar-refractivity contribution in [2.45, 2.75) is 20.0 Å². The van der Waals surface area contributed by atoms with Gasteiger partial charge in [0.15, 0.2) is 11.2 Å². The summed E-state index contributed by atoms with van der Waals surface area (Å²) >= 11 is 0. The topological polar surface area (TPSA) is 75.0 Å². The van der Waals surface area contributed by atoms with Crippen LogP contribution in [0.5, 0.6) is 0 Å². The Labute approximate surface area is 181 Å². The lowest BCUT2D eigenvalue weighted by Crippen LogP contribution is -2.40. The van der Waals surface area contributed by atoms with Gasteiger partial charge < -0.3 is 8.98 Å². The summed E-state index contributed by atoms with van der Waals surface area (Å²) in [4.78, 5) is 31.2. The molecule has 0 saturated carbocycles. The number of hydrogen-bond donors (Lipinski definition) is 0. The second kappa shape index (κ2) is 7.81. The van der Waals surface area contributed by atoms with Gasteiger partial charge in [-0.1, -0.05) is 29.8 Å². The summed E-state index contributed by atoms with van der Waals surface area (Å²) in [6.07, 6.45) is 3.03. The third-order valence-electron chi connectivity index (χ3n) is 5.31. The molecule has 0 atom stereocenters. The van der Waals surface area contributed by atoms with Crippen LogP contribution in [-0.2, 0) is 13.1 Å². The van der Waals surface area contributed by atoms with Gasteiger partial charge in [-0.15, -0.1) is 0 Å². The van der Waals surface area contributed by atoms with E-state index in [0.29, 0.717) is 18.0 Å². The Balaban J connectivity index is 1.76. The molecule has 0 spiro atoms. The van der Waals surface area contributed by atoms with Crippen LogP contribution >= 0.6 is 0 Å². The summed E-state index contributed by atoms with van der Waals surface area (Å²) in [5.74, 6) is 0.0471. The normalized spacial score (nSPS) is 11.3. The molecule has 0 unspecified atom stereocenters. The van der Waals surface area contributed by atoms with E-state index in [-0.39, 0.29) is 17.7 Å². The smallest absolute Gasteiger partial charge is 0.337 e. The molecule has 32 heavy (non-hydrogen) atoms. The lowest BCUT2D eigenvalue weighted by atomic mass is 10.1. The van der Waals surface area contributed by atoms with Gasteiger partial charge in [0, 0.05) is 6.54 Å². The highest BCUT2D eigenvalue weighted by Gasteiger charge is 2.20. The summed E-state index contributed by atoms with van der Waals surface area (Å²) in [5, 5.41) is 0. The highest BCUT2D eigenvalue weighted by molar-refractivity contribution is 5.72. The summed E-state index contributed by atoms with van der Waals surface area (Å²) in [6, 6.07) is 16.8. The zero-order valence-electron chi connectivity index (χ0n) is 17.2. The fourth-order valence-corrected chi connectivity index (χ4v) is 3.83. The van der Waals surface area contributed by atoms with E-state index in [1.165, 1.54) is 35.1 Å². The van der Waals surface area contributed by atoms with Crippen molar-refractivity contribution in [3.8, 4) is 5.69 Å². The Morgan fingerprint density at radius 1 is 1.00 bits per heavy atom. The first kappa shape index (κ1) is 19.7. The average Bonchev–Trinajstić information content (AvgIpc) is 3.43. The van der Waals surface area contributed by atoms with E-state index in [9.17, 15) is 14.0 Å². The van der Waals surface area contributed by atoms with E-state index in [4.69, 9.17) is 4.42 Å². The first-order chi connectivity index (χ1) is 15.5. The van der Waals surface area contributed by atoms with Crippen molar-refractivity contribution in [3.63, 3.8) is 0 Å². The third kappa shape index (κ3) is 3.45. The number of benzene rings is 2. The van der Waals surface area contributed by atoms with Crippen LogP contribution in [0.15, 0.2) is 87.3 Å². The van der Waals surface area contributed by atoms with Gasteiger partial charge in [-0.2, -0.15) is 0 Å². The lowest BCUT2D eigenvalue weighted by Gasteiger charge is -2.12. The number of rotatable bonds is 5. The molecule has 0 N–H and O–H groups in total. The van der Waals surface area contributed by atoms with E-state index in [0.717, 1.165) is 15.7 Å². The molecule has 7 nitrogen and oxygen atoms in total. The molecule has 0 aliphatic heterocycles. The monoisotopic (exact) mass is 430 g/mol. The van der Waals surface area contributed by atoms with Gasteiger partial charge in [-0.05, 0) is 48.9 Å². The van der Waals surface area contributed by atoms with Crippen LogP contribution in [0.1, 0.15) is 16.9 Å². The van der Waals surface area contributed by atoms with Gasteiger partial charge in [0.05, 0.1) is 24.8 Å². The minimum Gasteiger partial charge on any atom is -0.467 e. The fourth-order valence-electron chi connectivity index (χ4n) is 3.83. The Hall–Kier alpha value is -4.20. The predicted molar refractivity (Wildman–Crippen MR) is 118 cm³/mol. The number of fused-ring (bicyclic) bond motifs is 1. The average molecular weight is 430 g/mol. The zero-order valence-corrected chi connectivity index (χ0v) is 17.2. The number of aryl methyl sites for hydroxylation is 1. The predicted octanol–water partition coefficient (Wildman–Crippen LogP) is 3.49. The minimum atomic E-state index is -0.577. The van der Waals surface area contributed by atoms with Crippen LogP contribution < -0.4 is 11.2 Å². The lowest BCUT2D eigenvalue weighted by molar-refractivity contribution is 0.482. The molecule has 0 saturated heterocycles. The molecule has 0 radical (unpaired) electrons. The van der Waals surface area contributed by atoms with Crippen LogP contribution in [0.25, 0.3) is 16.9 Å². The Bertz CT molecular complexity index is 1530. The maximum Gasteiger partial charge on any atom is 0.337 e. The molecular formula is C24H19FN4O3. The van der Waals surface area contributed by atoms with E-state index in [1.807, 2.05) is 31.2 Å². The molecule has 0 amide bonds. The van der Waals surface area contributed by atoms with E-state index in [2.05, 4.69) is 4.98 Å². The SMILES string of the molecule is Cc1cccc(Cn2cnc3c2c(=O)n(Cc2ccco2)c(=O)n3-c2ccc(F)cc2)c1. The zero-order chi connectivity index (χ0) is 22.2. The van der Waals surface area contributed by atoms with Crippen molar-refractivity contribution in [3.05, 3.63) is 117 Å². The van der Waals surface area contributed by atoms with E-state index < -0.39 is 17.1 Å². The fraction of sp³-hybridized carbons (Fsp3) is 0.125. The highest BCUT2D eigenvalue weighted by atomic mass is 19.1. The molecule has 0 aliphatic carbocycles. The van der Waals surface area contributed by atoms with Crippen LogP contribution in [0.4, 0.5) is 4.39 Å².